The molecule has 0 aliphatic carbocycles. The molecule has 1 aliphatic rings. The monoisotopic (exact) mass is 278 g/mol. The average Bonchev–Trinajstić information content (AvgIpc) is 2.44. The number of benzene rings is 1. The first-order chi connectivity index (χ1) is 9.65. The number of carbonyl (C=O) groups excluding carboxylic acids is 2. The van der Waals surface area contributed by atoms with Crippen LogP contribution in [0.5, 0.6) is 11.5 Å². The van der Waals surface area contributed by atoms with Crippen molar-refractivity contribution in [2.75, 3.05) is 31.2 Å². The van der Waals surface area contributed by atoms with Gasteiger partial charge in [0, 0.05) is 11.8 Å². The van der Waals surface area contributed by atoms with Crippen LogP contribution in [-0.4, -0.2) is 38.1 Å². The topological polar surface area (TPSA) is 67.9 Å². The van der Waals surface area contributed by atoms with E-state index in [1.54, 1.807) is 18.2 Å². The molecule has 2 rings (SSSR count). The van der Waals surface area contributed by atoms with Crippen LogP contribution >= 0.6 is 0 Å². The van der Waals surface area contributed by atoms with E-state index in [2.05, 4.69) is 5.32 Å². The third-order valence-corrected chi connectivity index (χ3v) is 2.88. The normalized spacial score (nSPS) is 15.0. The van der Waals surface area contributed by atoms with Crippen molar-refractivity contribution >= 4 is 17.5 Å². The van der Waals surface area contributed by atoms with Gasteiger partial charge in [0.1, 0.15) is 6.54 Å². The SMILES string of the molecule is CCOc1ccc(N2CC(=O)NCC2=O)cc1OCC. The Bertz CT molecular complexity index is 516. The van der Waals surface area contributed by atoms with E-state index in [4.69, 9.17) is 9.47 Å². The standard InChI is InChI=1S/C14H18N2O4/c1-3-19-11-6-5-10(7-12(11)20-4-2)16-9-13(17)15-8-14(16)18/h5-7H,3-4,8-9H2,1-2H3,(H,15,17). The number of piperazine rings is 1. The maximum Gasteiger partial charge on any atom is 0.246 e. The van der Waals surface area contributed by atoms with Gasteiger partial charge in [0.25, 0.3) is 0 Å². The number of nitrogens with one attached hydrogen (secondary N) is 1. The van der Waals surface area contributed by atoms with Crippen molar-refractivity contribution in [3.63, 3.8) is 0 Å². The van der Waals surface area contributed by atoms with Gasteiger partial charge in [0.2, 0.25) is 11.8 Å². The Morgan fingerprint density at radius 3 is 2.55 bits per heavy atom. The summed E-state index contributed by atoms with van der Waals surface area (Å²) in [6, 6.07) is 5.23. The zero-order valence-electron chi connectivity index (χ0n) is 11.6. The number of hydrogen-bond acceptors (Lipinski definition) is 4. The summed E-state index contributed by atoms with van der Waals surface area (Å²) in [7, 11) is 0. The summed E-state index contributed by atoms with van der Waals surface area (Å²) >= 11 is 0. The number of hydrogen-bond donors (Lipinski definition) is 1. The number of carbonyl (C=O) groups is 2. The van der Waals surface area contributed by atoms with Gasteiger partial charge >= 0.3 is 0 Å². The van der Waals surface area contributed by atoms with Crippen molar-refractivity contribution in [1.29, 1.82) is 0 Å². The van der Waals surface area contributed by atoms with Crippen molar-refractivity contribution in [3.05, 3.63) is 18.2 Å². The molecule has 1 aromatic rings. The lowest BCUT2D eigenvalue weighted by Crippen LogP contribution is -2.51. The first kappa shape index (κ1) is 14.2. The molecule has 6 nitrogen and oxygen atoms in total. The van der Waals surface area contributed by atoms with Gasteiger partial charge in [-0.25, -0.2) is 0 Å². The first-order valence-corrected chi connectivity index (χ1v) is 6.62. The summed E-state index contributed by atoms with van der Waals surface area (Å²) in [5.74, 6) is 0.894. The highest BCUT2D eigenvalue weighted by atomic mass is 16.5. The van der Waals surface area contributed by atoms with Gasteiger partial charge in [-0.15, -0.1) is 0 Å². The lowest BCUT2D eigenvalue weighted by molar-refractivity contribution is -0.128. The van der Waals surface area contributed by atoms with Gasteiger partial charge in [-0.3, -0.25) is 9.59 Å². The van der Waals surface area contributed by atoms with E-state index < -0.39 is 0 Å². The molecule has 1 heterocycles. The van der Waals surface area contributed by atoms with Crippen LogP contribution in [0.1, 0.15) is 13.8 Å². The zero-order chi connectivity index (χ0) is 14.5. The second-order valence-corrected chi connectivity index (χ2v) is 4.25. The quantitative estimate of drug-likeness (QED) is 0.870. The van der Waals surface area contributed by atoms with Crippen LogP contribution in [0.25, 0.3) is 0 Å². The Labute approximate surface area is 117 Å². The second-order valence-electron chi connectivity index (χ2n) is 4.25. The van der Waals surface area contributed by atoms with Gasteiger partial charge in [0.15, 0.2) is 11.5 Å². The summed E-state index contributed by atoms with van der Waals surface area (Å²) in [5.41, 5.74) is 0.636. The fourth-order valence-electron chi connectivity index (χ4n) is 2.00. The highest BCUT2D eigenvalue weighted by molar-refractivity contribution is 6.04. The third-order valence-electron chi connectivity index (χ3n) is 2.88. The summed E-state index contributed by atoms with van der Waals surface area (Å²) in [4.78, 5) is 24.7. The summed E-state index contributed by atoms with van der Waals surface area (Å²) in [6.45, 7) is 4.85. The fraction of sp³-hybridized carbons (Fsp3) is 0.429. The van der Waals surface area contributed by atoms with Crippen LogP contribution in [0, 0.1) is 0 Å². The molecule has 1 N–H and O–H groups in total. The Balaban J connectivity index is 2.29. The van der Waals surface area contributed by atoms with Crippen molar-refractivity contribution in [1.82, 2.24) is 5.32 Å². The first-order valence-electron chi connectivity index (χ1n) is 6.62. The van der Waals surface area contributed by atoms with Crippen LogP contribution in [0.4, 0.5) is 5.69 Å². The van der Waals surface area contributed by atoms with Gasteiger partial charge in [0.05, 0.1) is 19.8 Å². The van der Waals surface area contributed by atoms with E-state index in [-0.39, 0.29) is 24.9 Å². The Morgan fingerprint density at radius 1 is 1.15 bits per heavy atom. The molecule has 1 aromatic carbocycles. The van der Waals surface area contributed by atoms with Crippen LogP contribution in [0.3, 0.4) is 0 Å². The minimum atomic E-state index is -0.170. The number of amides is 2. The maximum absolute atomic E-state index is 11.9. The largest absolute Gasteiger partial charge is 0.490 e. The second kappa shape index (κ2) is 6.27. The molecule has 0 unspecified atom stereocenters. The minimum absolute atomic E-state index is 0.0238. The van der Waals surface area contributed by atoms with E-state index in [0.717, 1.165) is 0 Å². The Hall–Kier alpha value is -2.24. The number of anilines is 1. The zero-order valence-corrected chi connectivity index (χ0v) is 11.6. The molecule has 0 spiro atoms. The molecule has 6 heteroatoms. The van der Waals surface area contributed by atoms with Crippen LogP contribution in [0.15, 0.2) is 18.2 Å². The highest BCUT2D eigenvalue weighted by Gasteiger charge is 2.25. The molecule has 1 aliphatic heterocycles. The smallest absolute Gasteiger partial charge is 0.246 e. The predicted octanol–water partition coefficient (Wildman–Crippen LogP) is 0.947. The lowest BCUT2D eigenvalue weighted by Gasteiger charge is -2.27. The Morgan fingerprint density at radius 2 is 1.85 bits per heavy atom. The van der Waals surface area contributed by atoms with Gasteiger partial charge in [-0.05, 0) is 26.0 Å². The molecule has 2 amide bonds. The van der Waals surface area contributed by atoms with E-state index in [1.807, 2.05) is 13.8 Å². The summed E-state index contributed by atoms with van der Waals surface area (Å²) < 4.78 is 11.0. The molecule has 0 bridgehead atoms. The van der Waals surface area contributed by atoms with Crippen LogP contribution < -0.4 is 19.7 Å². The van der Waals surface area contributed by atoms with Gasteiger partial charge < -0.3 is 19.7 Å². The number of nitrogens with zero attached hydrogens (tertiary/aromatic N) is 1. The number of ether oxygens (including phenoxy) is 2. The Kier molecular flexibility index (Phi) is 4.45. The van der Waals surface area contributed by atoms with E-state index >= 15 is 0 Å². The van der Waals surface area contributed by atoms with Gasteiger partial charge in [-0.1, -0.05) is 0 Å². The molecule has 1 saturated heterocycles. The van der Waals surface area contributed by atoms with E-state index in [1.165, 1.54) is 4.90 Å². The molecule has 108 valence electrons. The number of rotatable bonds is 5. The van der Waals surface area contributed by atoms with Crippen molar-refractivity contribution in [2.45, 2.75) is 13.8 Å². The van der Waals surface area contributed by atoms with Crippen LogP contribution in [0.2, 0.25) is 0 Å². The van der Waals surface area contributed by atoms with Crippen molar-refractivity contribution < 1.29 is 19.1 Å². The van der Waals surface area contributed by atoms with Crippen LogP contribution in [-0.2, 0) is 9.59 Å². The minimum Gasteiger partial charge on any atom is -0.490 e. The molecule has 0 aromatic heterocycles. The summed E-state index contributed by atoms with van der Waals surface area (Å²) in [5, 5.41) is 2.52. The van der Waals surface area contributed by atoms with E-state index in [9.17, 15) is 9.59 Å². The highest BCUT2D eigenvalue weighted by Crippen LogP contribution is 2.32. The average molecular weight is 278 g/mol. The molecule has 20 heavy (non-hydrogen) atoms. The molecule has 1 fully saturated rings. The molecule has 0 saturated carbocycles. The molecule has 0 radical (unpaired) electrons. The third kappa shape index (κ3) is 3.01. The predicted molar refractivity (Wildman–Crippen MR) is 74.1 cm³/mol. The molecule has 0 atom stereocenters. The summed E-state index contributed by atoms with van der Waals surface area (Å²) in [6.07, 6.45) is 0. The fourth-order valence-corrected chi connectivity index (χ4v) is 2.00. The molecular weight excluding hydrogens is 260 g/mol. The molecular formula is C14H18N2O4. The van der Waals surface area contributed by atoms with Gasteiger partial charge in [-0.2, -0.15) is 0 Å². The van der Waals surface area contributed by atoms with E-state index in [0.29, 0.717) is 30.4 Å². The maximum atomic E-state index is 11.9. The van der Waals surface area contributed by atoms with Crippen molar-refractivity contribution in [3.8, 4) is 11.5 Å². The van der Waals surface area contributed by atoms with Crippen molar-refractivity contribution in [2.24, 2.45) is 0 Å². The lowest BCUT2D eigenvalue weighted by atomic mass is 10.2.